The Balaban J connectivity index is 1.87. The standard InChI is InChI=1S/C15H18BrClF3N5O/c1-8-13(17)10(3)24(22-8)6-4-5-21-11(26)7-25-9(2)12(16)14(23-25)15(18,19)20/h4-7H2,1-3H3,(H,21,26). The Hall–Kier alpha value is -1.55. The van der Waals surface area contributed by atoms with Gasteiger partial charge in [-0.05, 0) is 43.1 Å². The first-order valence-electron chi connectivity index (χ1n) is 7.78. The quantitative estimate of drug-likeness (QED) is 0.675. The van der Waals surface area contributed by atoms with Gasteiger partial charge in [0.25, 0.3) is 0 Å². The summed E-state index contributed by atoms with van der Waals surface area (Å²) in [7, 11) is 0. The highest BCUT2D eigenvalue weighted by molar-refractivity contribution is 9.10. The van der Waals surface area contributed by atoms with Crippen LogP contribution in [0.1, 0.15) is 29.2 Å². The first-order valence-corrected chi connectivity index (χ1v) is 8.95. The van der Waals surface area contributed by atoms with E-state index in [0.717, 1.165) is 16.1 Å². The van der Waals surface area contributed by atoms with E-state index in [1.165, 1.54) is 6.92 Å². The number of amides is 1. The Labute approximate surface area is 161 Å². The fourth-order valence-corrected chi connectivity index (χ4v) is 3.04. The SMILES string of the molecule is Cc1nn(CCCNC(=O)Cn2nc(C(F)(F)F)c(Br)c2C)c(C)c1Cl. The molecular formula is C15H18BrClF3N5O. The van der Waals surface area contributed by atoms with Crippen LogP contribution in [0.2, 0.25) is 5.02 Å². The molecule has 2 heterocycles. The van der Waals surface area contributed by atoms with Gasteiger partial charge in [0.2, 0.25) is 5.91 Å². The summed E-state index contributed by atoms with van der Waals surface area (Å²) in [4.78, 5) is 12.0. The Morgan fingerprint density at radius 2 is 1.85 bits per heavy atom. The zero-order valence-electron chi connectivity index (χ0n) is 14.4. The number of aryl methyl sites for hydroxylation is 2. The highest BCUT2D eigenvalue weighted by atomic mass is 79.9. The van der Waals surface area contributed by atoms with Crippen molar-refractivity contribution in [3.8, 4) is 0 Å². The third-order valence-corrected chi connectivity index (χ3v) is 5.35. The smallest absolute Gasteiger partial charge is 0.354 e. The minimum Gasteiger partial charge on any atom is -0.354 e. The molecule has 144 valence electrons. The number of aromatic nitrogens is 4. The summed E-state index contributed by atoms with van der Waals surface area (Å²) in [6.07, 6.45) is -3.97. The summed E-state index contributed by atoms with van der Waals surface area (Å²) in [6, 6.07) is 0. The topological polar surface area (TPSA) is 64.7 Å². The molecule has 0 spiro atoms. The minimum absolute atomic E-state index is 0.154. The monoisotopic (exact) mass is 455 g/mol. The van der Waals surface area contributed by atoms with E-state index in [-0.39, 0.29) is 16.7 Å². The van der Waals surface area contributed by atoms with Crippen LogP contribution in [0.4, 0.5) is 13.2 Å². The van der Waals surface area contributed by atoms with Crippen molar-refractivity contribution < 1.29 is 18.0 Å². The van der Waals surface area contributed by atoms with Crippen LogP contribution in [0.3, 0.4) is 0 Å². The second-order valence-electron chi connectivity index (χ2n) is 5.81. The number of hydrogen-bond donors (Lipinski definition) is 1. The van der Waals surface area contributed by atoms with Gasteiger partial charge in [-0.3, -0.25) is 14.2 Å². The van der Waals surface area contributed by atoms with E-state index in [9.17, 15) is 18.0 Å². The van der Waals surface area contributed by atoms with E-state index in [1.54, 1.807) is 4.68 Å². The zero-order chi connectivity index (χ0) is 19.6. The molecule has 6 nitrogen and oxygen atoms in total. The Morgan fingerprint density at radius 3 is 2.35 bits per heavy atom. The number of nitrogens with one attached hydrogen (secondary N) is 1. The highest BCUT2D eigenvalue weighted by Gasteiger charge is 2.38. The lowest BCUT2D eigenvalue weighted by Crippen LogP contribution is -2.30. The zero-order valence-corrected chi connectivity index (χ0v) is 16.8. The molecule has 0 aromatic carbocycles. The minimum atomic E-state index is -4.58. The maximum absolute atomic E-state index is 12.8. The van der Waals surface area contributed by atoms with Crippen molar-refractivity contribution in [3.63, 3.8) is 0 Å². The van der Waals surface area contributed by atoms with E-state index in [2.05, 4.69) is 31.4 Å². The molecule has 11 heteroatoms. The van der Waals surface area contributed by atoms with Crippen LogP contribution in [0.15, 0.2) is 4.47 Å². The predicted octanol–water partition coefficient (Wildman–Crippen LogP) is 3.65. The van der Waals surface area contributed by atoms with Crippen LogP contribution >= 0.6 is 27.5 Å². The molecule has 26 heavy (non-hydrogen) atoms. The fourth-order valence-electron chi connectivity index (χ4n) is 2.40. The molecule has 0 saturated heterocycles. The van der Waals surface area contributed by atoms with Gasteiger partial charge in [0.15, 0.2) is 5.69 Å². The molecule has 1 N–H and O–H groups in total. The van der Waals surface area contributed by atoms with Gasteiger partial charge >= 0.3 is 6.18 Å². The second-order valence-corrected chi connectivity index (χ2v) is 6.99. The summed E-state index contributed by atoms with van der Waals surface area (Å²) in [6.45, 7) is 5.79. The molecule has 0 atom stereocenters. The molecular weight excluding hydrogens is 439 g/mol. The maximum atomic E-state index is 12.8. The first kappa shape index (κ1) is 20.8. The summed E-state index contributed by atoms with van der Waals surface area (Å²) in [5.74, 6) is -0.414. The summed E-state index contributed by atoms with van der Waals surface area (Å²) in [5.41, 5.74) is 0.801. The molecule has 2 aromatic heterocycles. The molecule has 0 unspecified atom stereocenters. The van der Waals surface area contributed by atoms with Crippen molar-refractivity contribution in [1.82, 2.24) is 24.9 Å². The van der Waals surface area contributed by atoms with E-state index < -0.39 is 17.8 Å². The van der Waals surface area contributed by atoms with Gasteiger partial charge in [0.1, 0.15) is 6.54 Å². The van der Waals surface area contributed by atoms with E-state index in [4.69, 9.17) is 11.6 Å². The third-order valence-electron chi connectivity index (χ3n) is 3.86. The van der Waals surface area contributed by atoms with Crippen molar-refractivity contribution in [1.29, 1.82) is 0 Å². The van der Waals surface area contributed by atoms with Crippen LogP contribution in [0, 0.1) is 20.8 Å². The molecule has 0 aliphatic carbocycles. The van der Waals surface area contributed by atoms with E-state index in [1.807, 2.05) is 13.8 Å². The van der Waals surface area contributed by atoms with Crippen LogP contribution in [0.25, 0.3) is 0 Å². The Morgan fingerprint density at radius 1 is 1.19 bits per heavy atom. The van der Waals surface area contributed by atoms with Crippen molar-refractivity contribution in [3.05, 3.63) is 32.3 Å². The van der Waals surface area contributed by atoms with E-state index in [0.29, 0.717) is 24.5 Å². The average molecular weight is 457 g/mol. The van der Waals surface area contributed by atoms with Crippen molar-refractivity contribution >= 4 is 33.4 Å². The summed E-state index contributed by atoms with van der Waals surface area (Å²) < 4.78 is 41.1. The summed E-state index contributed by atoms with van der Waals surface area (Å²) >= 11 is 8.94. The lowest BCUT2D eigenvalue weighted by Gasteiger charge is -2.08. The lowest BCUT2D eigenvalue weighted by molar-refractivity contribution is -0.142. The Kier molecular flexibility index (Phi) is 6.38. The van der Waals surface area contributed by atoms with Crippen LogP contribution in [-0.2, 0) is 24.1 Å². The highest BCUT2D eigenvalue weighted by Crippen LogP contribution is 2.35. The molecule has 1 amide bonds. The lowest BCUT2D eigenvalue weighted by atomic mass is 10.3. The maximum Gasteiger partial charge on any atom is 0.436 e. The van der Waals surface area contributed by atoms with Crippen LogP contribution in [-0.4, -0.2) is 32.0 Å². The number of rotatable bonds is 6. The summed E-state index contributed by atoms with van der Waals surface area (Å²) in [5, 5.41) is 11.0. The largest absolute Gasteiger partial charge is 0.436 e. The van der Waals surface area contributed by atoms with Crippen molar-refractivity contribution in [2.75, 3.05) is 6.54 Å². The average Bonchev–Trinajstić information content (AvgIpc) is 2.96. The molecule has 0 aliphatic rings. The first-order chi connectivity index (χ1) is 12.0. The molecule has 0 radical (unpaired) electrons. The Bertz CT molecular complexity index is 815. The van der Waals surface area contributed by atoms with Crippen molar-refractivity contribution in [2.45, 2.75) is 46.5 Å². The number of alkyl halides is 3. The fraction of sp³-hybridized carbons (Fsp3) is 0.533. The van der Waals surface area contributed by atoms with Gasteiger partial charge in [-0.15, -0.1) is 0 Å². The van der Waals surface area contributed by atoms with Crippen LogP contribution < -0.4 is 5.32 Å². The van der Waals surface area contributed by atoms with Crippen molar-refractivity contribution in [2.24, 2.45) is 0 Å². The molecule has 0 fully saturated rings. The number of halogens is 5. The van der Waals surface area contributed by atoms with E-state index >= 15 is 0 Å². The van der Waals surface area contributed by atoms with Gasteiger partial charge in [-0.2, -0.15) is 23.4 Å². The molecule has 0 saturated carbocycles. The number of carbonyl (C=O) groups excluding carboxylic acids is 1. The molecule has 2 rings (SSSR count). The number of carbonyl (C=O) groups is 1. The second kappa shape index (κ2) is 7.99. The van der Waals surface area contributed by atoms with Crippen LogP contribution in [0.5, 0.6) is 0 Å². The number of hydrogen-bond acceptors (Lipinski definition) is 3. The normalized spacial score (nSPS) is 11.8. The van der Waals surface area contributed by atoms with Gasteiger partial charge in [-0.25, -0.2) is 0 Å². The predicted molar refractivity (Wildman–Crippen MR) is 94.0 cm³/mol. The third kappa shape index (κ3) is 4.59. The van der Waals surface area contributed by atoms with Gasteiger partial charge < -0.3 is 5.32 Å². The molecule has 0 bridgehead atoms. The van der Waals surface area contributed by atoms with Gasteiger partial charge in [-0.1, -0.05) is 11.6 Å². The molecule has 0 aliphatic heterocycles. The van der Waals surface area contributed by atoms with Gasteiger partial charge in [0.05, 0.1) is 26.6 Å². The number of nitrogens with zero attached hydrogens (tertiary/aromatic N) is 4. The molecule has 2 aromatic rings. The van der Waals surface area contributed by atoms with Gasteiger partial charge in [0, 0.05) is 13.1 Å².